The van der Waals surface area contributed by atoms with Crippen molar-refractivity contribution in [1.82, 2.24) is 24.1 Å². The van der Waals surface area contributed by atoms with E-state index in [0.29, 0.717) is 12.4 Å². The van der Waals surface area contributed by atoms with Crippen LogP contribution in [0.15, 0.2) is 84.0 Å². The molecular weight excluding hydrogens is 378 g/mol. The van der Waals surface area contributed by atoms with Crippen LogP contribution < -0.4 is 10.4 Å². The lowest BCUT2D eigenvalue weighted by Gasteiger charge is -2.09. The number of imidazole rings is 2. The van der Waals surface area contributed by atoms with E-state index in [4.69, 9.17) is 4.74 Å². The summed E-state index contributed by atoms with van der Waals surface area (Å²) in [6.45, 7) is 0.335. The number of para-hydroxylation sites is 2. The predicted molar refractivity (Wildman–Crippen MR) is 115 cm³/mol. The molecule has 0 aliphatic heterocycles. The highest BCUT2D eigenvalue weighted by atomic mass is 16.5. The van der Waals surface area contributed by atoms with Crippen molar-refractivity contribution in [3.63, 3.8) is 0 Å². The maximum Gasteiger partial charge on any atom is 0.332 e. The van der Waals surface area contributed by atoms with Crippen LogP contribution in [0, 0.1) is 0 Å². The summed E-state index contributed by atoms with van der Waals surface area (Å²) in [5, 5.41) is 0. The van der Waals surface area contributed by atoms with Crippen LogP contribution in [-0.4, -0.2) is 24.1 Å². The quantitative estimate of drug-likeness (QED) is 0.491. The van der Waals surface area contributed by atoms with E-state index in [1.807, 2.05) is 66.9 Å². The van der Waals surface area contributed by atoms with E-state index in [2.05, 4.69) is 15.0 Å². The number of hydrogen-bond donors (Lipinski definition) is 1. The summed E-state index contributed by atoms with van der Waals surface area (Å²) in [4.78, 5) is 24.5. The fourth-order valence-corrected chi connectivity index (χ4v) is 3.45. The first-order chi connectivity index (χ1) is 14.7. The van der Waals surface area contributed by atoms with Gasteiger partial charge in [0.05, 0.1) is 22.4 Å². The third kappa shape index (κ3) is 3.26. The Balaban J connectivity index is 1.39. The molecule has 0 amide bonds. The van der Waals surface area contributed by atoms with Gasteiger partial charge in [-0.2, -0.15) is 0 Å². The Bertz CT molecular complexity index is 1330. The number of benzene rings is 2. The largest absolute Gasteiger partial charge is 0.486 e. The van der Waals surface area contributed by atoms with Gasteiger partial charge in [0.15, 0.2) is 0 Å². The molecule has 0 saturated heterocycles. The average Bonchev–Trinajstić information content (AvgIpc) is 3.34. The maximum absolute atomic E-state index is 12.7. The number of aromatic nitrogens is 5. The fourth-order valence-electron chi connectivity index (χ4n) is 3.45. The lowest BCUT2D eigenvalue weighted by molar-refractivity contribution is 0.297. The van der Waals surface area contributed by atoms with E-state index in [-0.39, 0.29) is 5.69 Å². The molecular formula is C23H19N5O2. The van der Waals surface area contributed by atoms with Crippen molar-refractivity contribution in [3.8, 4) is 22.7 Å². The van der Waals surface area contributed by atoms with E-state index < -0.39 is 0 Å². The molecule has 0 aliphatic rings. The minimum Gasteiger partial charge on any atom is -0.486 e. The molecule has 0 aliphatic carbocycles. The van der Waals surface area contributed by atoms with Crippen LogP contribution in [0.5, 0.6) is 5.75 Å². The lowest BCUT2D eigenvalue weighted by atomic mass is 10.2. The third-order valence-electron chi connectivity index (χ3n) is 4.93. The van der Waals surface area contributed by atoms with Gasteiger partial charge in [0.2, 0.25) is 0 Å². The standard InChI is InChI=1S/C23H19N5O2/c1-27-14-21(16-10-12-24-13-11-16)28(23(27)29)17-6-8-18(9-7-17)30-15-22-25-19-4-2-3-5-20(19)26-22/h2-14H,15H2,1H3,(H,25,26). The molecule has 148 valence electrons. The van der Waals surface area contributed by atoms with Gasteiger partial charge >= 0.3 is 5.69 Å². The zero-order valence-corrected chi connectivity index (χ0v) is 16.3. The monoisotopic (exact) mass is 397 g/mol. The van der Waals surface area contributed by atoms with Gasteiger partial charge in [-0.25, -0.2) is 9.78 Å². The molecule has 2 aromatic carbocycles. The van der Waals surface area contributed by atoms with Gasteiger partial charge in [-0.3, -0.25) is 9.55 Å². The number of rotatable bonds is 5. The van der Waals surface area contributed by atoms with E-state index >= 15 is 0 Å². The van der Waals surface area contributed by atoms with E-state index in [0.717, 1.165) is 33.8 Å². The van der Waals surface area contributed by atoms with Crippen LogP contribution in [0.25, 0.3) is 28.0 Å². The van der Waals surface area contributed by atoms with Gasteiger partial charge in [-0.05, 0) is 48.5 Å². The van der Waals surface area contributed by atoms with Crippen LogP contribution in [0.4, 0.5) is 0 Å². The van der Waals surface area contributed by atoms with Gasteiger partial charge in [0, 0.05) is 31.2 Å². The smallest absolute Gasteiger partial charge is 0.332 e. The lowest BCUT2D eigenvalue weighted by Crippen LogP contribution is -2.21. The number of nitrogens with one attached hydrogen (secondary N) is 1. The minimum absolute atomic E-state index is 0.113. The number of pyridine rings is 1. The second-order valence-corrected chi connectivity index (χ2v) is 6.96. The van der Waals surface area contributed by atoms with Crippen LogP contribution in [0.3, 0.4) is 0 Å². The highest BCUT2D eigenvalue weighted by molar-refractivity contribution is 5.74. The summed E-state index contributed by atoms with van der Waals surface area (Å²) in [6.07, 6.45) is 5.25. The number of ether oxygens (including phenoxy) is 1. The molecule has 7 nitrogen and oxygen atoms in total. The van der Waals surface area contributed by atoms with E-state index in [1.54, 1.807) is 28.6 Å². The molecule has 5 rings (SSSR count). The fraction of sp³-hybridized carbons (Fsp3) is 0.0870. The molecule has 5 aromatic rings. The molecule has 0 fully saturated rings. The molecule has 0 saturated carbocycles. The summed E-state index contributed by atoms with van der Waals surface area (Å²) in [5.41, 5.74) is 4.28. The Morgan fingerprint density at radius 1 is 1.00 bits per heavy atom. The predicted octanol–water partition coefficient (Wildman–Crippen LogP) is 3.69. The Morgan fingerprint density at radius 3 is 2.53 bits per heavy atom. The van der Waals surface area contributed by atoms with Gasteiger partial charge in [0.25, 0.3) is 0 Å². The number of hydrogen-bond acceptors (Lipinski definition) is 4. The number of fused-ring (bicyclic) bond motifs is 1. The second-order valence-electron chi connectivity index (χ2n) is 6.96. The van der Waals surface area contributed by atoms with Gasteiger partial charge in [0.1, 0.15) is 18.2 Å². The van der Waals surface area contributed by atoms with Crippen molar-refractivity contribution in [1.29, 1.82) is 0 Å². The summed E-state index contributed by atoms with van der Waals surface area (Å²) >= 11 is 0. The maximum atomic E-state index is 12.7. The third-order valence-corrected chi connectivity index (χ3v) is 4.93. The first-order valence-electron chi connectivity index (χ1n) is 9.55. The second kappa shape index (κ2) is 7.36. The Kier molecular flexibility index (Phi) is 4.40. The molecule has 3 heterocycles. The highest BCUT2D eigenvalue weighted by Gasteiger charge is 2.13. The van der Waals surface area contributed by atoms with Gasteiger partial charge in [-0.15, -0.1) is 0 Å². The number of nitrogens with zero attached hydrogens (tertiary/aromatic N) is 4. The van der Waals surface area contributed by atoms with Crippen LogP contribution in [0.1, 0.15) is 5.82 Å². The molecule has 0 radical (unpaired) electrons. The molecule has 7 heteroatoms. The molecule has 0 atom stereocenters. The van der Waals surface area contributed by atoms with Crippen LogP contribution in [0.2, 0.25) is 0 Å². The van der Waals surface area contributed by atoms with Crippen molar-refractivity contribution in [2.75, 3.05) is 0 Å². The molecule has 0 bridgehead atoms. The number of aromatic amines is 1. The normalized spacial score (nSPS) is 11.1. The Morgan fingerprint density at radius 2 is 1.77 bits per heavy atom. The molecule has 30 heavy (non-hydrogen) atoms. The molecule has 0 spiro atoms. The summed E-state index contributed by atoms with van der Waals surface area (Å²) in [5.74, 6) is 1.47. The zero-order chi connectivity index (χ0) is 20.5. The van der Waals surface area contributed by atoms with Gasteiger partial charge < -0.3 is 14.3 Å². The van der Waals surface area contributed by atoms with Gasteiger partial charge in [-0.1, -0.05) is 12.1 Å². The van der Waals surface area contributed by atoms with E-state index in [1.165, 1.54) is 0 Å². The zero-order valence-electron chi connectivity index (χ0n) is 16.3. The molecule has 3 aromatic heterocycles. The summed E-state index contributed by atoms with van der Waals surface area (Å²) in [6, 6.07) is 19.1. The van der Waals surface area contributed by atoms with Crippen molar-refractivity contribution in [2.24, 2.45) is 7.05 Å². The summed E-state index contributed by atoms with van der Waals surface area (Å²) in [7, 11) is 1.74. The molecule has 1 N–H and O–H groups in total. The molecule has 0 unspecified atom stereocenters. The number of aryl methyl sites for hydroxylation is 1. The minimum atomic E-state index is -0.113. The number of H-pyrrole nitrogens is 1. The van der Waals surface area contributed by atoms with Crippen molar-refractivity contribution in [2.45, 2.75) is 6.61 Å². The van der Waals surface area contributed by atoms with E-state index in [9.17, 15) is 4.79 Å². The topological polar surface area (TPSA) is 77.7 Å². The first-order valence-corrected chi connectivity index (χ1v) is 9.55. The Hall–Kier alpha value is -4.13. The highest BCUT2D eigenvalue weighted by Crippen LogP contribution is 2.23. The van der Waals surface area contributed by atoms with Crippen LogP contribution in [-0.2, 0) is 13.7 Å². The van der Waals surface area contributed by atoms with Crippen molar-refractivity contribution >= 4 is 11.0 Å². The Labute approximate surface area is 172 Å². The van der Waals surface area contributed by atoms with Crippen LogP contribution >= 0.6 is 0 Å². The average molecular weight is 397 g/mol. The SMILES string of the molecule is Cn1cc(-c2ccncc2)n(-c2ccc(OCc3nc4ccccc4[nH]3)cc2)c1=O. The summed E-state index contributed by atoms with van der Waals surface area (Å²) < 4.78 is 9.12. The van der Waals surface area contributed by atoms with Crippen molar-refractivity contribution in [3.05, 3.63) is 95.6 Å². The van der Waals surface area contributed by atoms with Crippen molar-refractivity contribution < 1.29 is 4.74 Å². The first kappa shape index (κ1) is 17.9.